The number of benzene rings is 1. The Hall–Kier alpha value is -1.18. The lowest BCUT2D eigenvalue weighted by Gasteiger charge is -2.37. The highest BCUT2D eigenvalue weighted by atomic mass is 127. The summed E-state index contributed by atoms with van der Waals surface area (Å²) < 4.78 is 28.6. The molecule has 1 heterocycles. The Morgan fingerprint density at radius 3 is 2.91 bits per heavy atom. The third kappa shape index (κ3) is 3.97. The van der Waals surface area contributed by atoms with E-state index in [2.05, 4.69) is 11.5 Å². The Morgan fingerprint density at radius 1 is 1.55 bits per heavy atom. The minimum absolute atomic E-state index is 0.0145. The fourth-order valence-corrected chi connectivity index (χ4v) is 3.27. The molecular formula is C16H19F2IN2O. The standard InChI is InChI=1S/C16H19F2IN2O/c1-3-15(22)21(19)14-8-5-9-20(11-14)13-7-4-6-12(10-13)16(2,17)18/h3-4,6-7,10,14H,1,5,8-9,11H2,2H3. The third-order valence-electron chi connectivity index (χ3n) is 3.82. The monoisotopic (exact) mass is 420 g/mol. The molecule has 1 saturated heterocycles. The van der Waals surface area contributed by atoms with Gasteiger partial charge in [0.25, 0.3) is 11.8 Å². The third-order valence-corrected chi connectivity index (χ3v) is 5.08. The number of amides is 1. The van der Waals surface area contributed by atoms with Gasteiger partial charge < -0.3 is 4.90 Å². The first-order valence-electron chi connectivity index (χ1n) is 7.17. The maximum Gasteiger partial charge on any atom is 0.270 e. The van der Waals surface area contributed by atoms with Crippen molar-refractivity contribution < 1.29 is 13.6 Å². The van der Waals surface area contributed by atoms with Crippen molar-refractivity contribution in [3.8, 4) is 0 Å². The first kappa shape index (κ1) is 17.2. The maximum absolute atomic E-state index is 13.5. The van der Waals surface area contributed by atoms with Gasteiger partial charge in [0.05, 0.1) is 28.9 Å². The van der Waals surface area contributed by atoms with Gasteiger partial charge in [-0.3, -0.25) is 7.91 Å². The van der Waals surface area contributed by atoms with Crippen LogP contribution in [0.5, 0.6) is 0 Å². The van der Waals surface area contributed by atoms with E-state index in [0.717, 1.165) is 32.0 Å². The van der Waals surface area contributed by atoms with Crippen LogP contribution in [0.1, 0.15) is 25.3 Å². The molecule has 1 aromatic rings. The molecule has 0 aromatic heterocycles. The molecule has 0 radical (unpaired) electrons. The number of carbonyl (C=O) groups excluding carboxylic acids is 1. The highest BCUT2D eigenvalue weighted by Gasteiger charge is 2.28. The zero-order valence-electron chi connectivity index (χ0n) is 12.4. The van der Waals surface area contributed by atoms with Crippen molar-refractivity contribution in [1.29, 1.82) is 0 Å². The summed E-state index contributed by atoms with van der Waals surface area (Å²) in [6.45, 7) is 5.85. The summed E-state index contributed by atoms with van der Waals surface area (Å²) in [5, 5.41) is 0. The Morgan fingerprint density at radius 2 is 2.27 bits per heavy atom. The van der Waals surface area contributed by atoms with E-state index in [1.54, 1.807) is 9.18 Å². The molecule has 1 aliphatic rings. The Labute approximate surface area is 143 Å². The molecule has 0 bridgehead atoms. The number of alkyl halides is 2. The predicted octanol–water partition coefficient (Wildman–Crippen LogP) is 4.13. The van der Waals surface area contributed by atoms with E-state index >= 15 is 0 Å². The van der Waals surface area contributed by atoms with Gasteiger partial charge in [0.15, 0.2) is 0 Å². The Balaban J connectivity index is 2.16. The highest BCUT2D eigenvalue weighted by Crippen LogP contribution is 2.31. The second-order valence-corrected chi connectivity index (χ2v) is 6.57. The lowest BCUT2D eigenvalue weighted by Crippen LogP contribution is -2.46. The quantitative estimate of drug-likeness (QED) is 0.416. The van der Waals surface area contributed by atoms with Crippen molar-refractivity contribution >= 4 is 34.5 Å². The van der Waals surface area contributed by atoms with E-state index in [4.69, 9.17) is 0 Å². The van der Waals surface area contributed by atoms with Gasteiger partial charge in [0.2, 0.25) is 0 Å². The molecule has 1 aromatic carbocycles. The van der Waals surface area contributed by atoms with Crippen LogP contribution in [-0.4, -0.2) is 28.2 Å². The van der Waals surface area contributed by atoms with Gasteiger partial charge in [-0.2, -0.15) is 0 Å². The van der Waals surface area contributed by atoms with Crippen LogP contribution in [0.4, 0.5) is 14.5 Å². The van der Waals surface area contributed by atoms with Gasteiger partial charge >= 0.3 is 0 Å². The largest absolute Gasteiger partial charge is 0.369 e. The van der Waals surface area contributed by atoms with Crippen LogP contribution < -0.4 is 4.90 Å². The van der Waals surface area contributed by atoms with Crippen LogP contribution in [0.25, 0.3) is 0 Å². The summed E-state index contributed by atoms with van der Waals surface area (Å²) >= 11 is 2.00. The number of carbonyl (C=O) groups is 1. The van der Waals surface area contributed by atoms with Gasteiger partial charge in [-0.15, -0.1) is 0 Å². The first-order valence-corrected chi connectivity index (χ1v) is 8.14. The van der Waals surface area contributed by atoms with E-state index in [0.29, 0.717) is 6.54 Å². The van der Waals surface area contributed by atoms with E-state index in [1.165, 1.54) is 18.2 Å². The average Bonchev–Trinajstić information content (AvgIpc) is 2.53. The van der Waals surface area contributed by atoms with E-state index < -0.39 is 5.92 Å². The van der Waals surface area contributed by atoms with E-state index in [1.807, 2.05) is 28.9 Å². The molecule has 1 aliphatic heterocycles. The zero-order chi connectivity index (χ0) is 16.3. The average molecular weight is 420 g/mol. The summed E-state index contributed by atoms with van der Waals surface area (Å²) in [5.41, 5.74) is 0.792. The van der Waals surface area contributed by atoms with Crippen LogP contribution in [0.3, 0.4) is 0 Å². The van der Waals surface area contributed by atoms with Crippen molar-refractivity contribution in [2.45, 2.75) is 31.7 Å². The summed E-state index contributed by atoms with van der Waals surface area (Å²) in [4.78, 5) is 13.8. The predicted molar refractivity (Wildman–Crippen MR) is 92.3 cm³/mol. The number of halogens is 3. The smallest absolute Gasteiger partial charge is 0.270 e. The second-order valence-electron chi connectivity index (χ2n) is 5.53. The molecule has 0 aliphatic carbocycles. The SMILES string of the molecule is C=CC(=O)N(I)C1CCCN(c2cccc(C(C)(F)F)c2)C1. The number of hydrogen-bond donors (Lipinski definition) is 0. The van der Waals surface area contributed by atoms with Crippen molar-refractivity contribution in [3.63, 3.8) is 0 Å². The summed E-state index contributed by atoms with van der Waals surface area (Å²) in [5.74, 6) is -2.97. The molecule has 1 amide bonds. The fraction of sp³-hybridized carbons (Fsp3) is 0.438. The number of piperidine rings is 1. The van der Waals surface area contributed by atoms with Crippen LogP contribution in [-0.2, 0) is 10.7 Å². The van der Waals surface area contributed by atoms with Gasteiger partial charge in [0, 0.05) is 31.3 Å². The number of hydrogen-bond acceptors (Lipinski definition) is 2. The zero-order valence-corrected chi connectivity index (χ0v) is 14.6. The van der Waals surface area contributed by atoms with Gasteiger partial charge in [-0.05, 0) is 31.1 Å². The number of nitrogens with zero attached hydrogens (tertiary/aromatic N) is 2. The lowest BCUT2D eigenvalue weighted by molar-refractivity contribution is -0.121. The lowest BCUT2D eigenvalue weighted by atomic mass is 10.0. The summed E-state index contributed by atoms with van der Waals surface area (Å²) in [6.07, 6.45) is 3.12. The molecule has 0 saturated carbocycles. The molecule has 2 rings (SSSR count). The maximum atomic E-state index is 13.5. The second kappa shape index (κ2) is 6.93. The van der Waals surface area contributed by atoms with Crippen LogP contribution >= 0.6 is 22.9 Å². The van der Waals surface area contributed by atoms with Crippen LogP contribution in [0, 0.1) is 0 Å². The fourth-order valence-electron chi connectivity index (χ4n) is 2.62. The first-order chi connectivity index (χ1) is 10.3. The molecule has 0 N–H and O–H groups in total. The van der Waals surface area contributed by atoms with Crippen molar-refractivity contribution in [1.82, 2.24) is 3.11 Å². The Bertz CT molecular complexity index is 559. The molecular weight excluding hydrogens is 401 g/mol. The number of rotatable bonds is 4. The minimum atomic E-state index is -2.85. The molecule has 120 valence electrons. The molecule has 1 fully saturated rings. The molecule has 22 heavy (non-hydrogen) atoms. The van der Waals surface area contributed by atoms with E-state index in [-0.39, 0.29) is 17.5 Å². The van der Waals surface area contributed by atoms with Gasteiger partial charge in [-0.25, -0.2) is 8.78 Å². The Kier molecular flexibility index (Phi) is 5.41. The summed E-state index contributed by atoms with van der Waals surface area (Å²) in [7, 11) is 0. The summed E-state index contributed by atoms with van der Waals surface area (Å²) in [6, 6.07) is 6.53. The van der Waals surface area contributed by atoms with Gasteiger partial charge in [-0.1, -0.05) is 18.7 Å². The topological polar surface area (TPSA) is 23.6 Å². The number of anilines is 1. The minimum Gasteiger partial charge on any atom is -0.369 e. The molecule has 3 nitrogen and oxygen atoms in total. The molecule has 6 heteroatoms. The van der Waals surface area contributed by atoms with Crippen molar-refractivity contribution in [2.24, 2.45) is 0 Å². The van der Waals surface area contributed by atoms with Crippen LogP contribution in [0.15, 0.2) is 36.9 Å². The van der Waals surface area contributed by atoms with Crippen molar-refractivity contribution in [2.75, 3.05) is 18.0 Å². The van der Waals surface area contributed by atoms with Crippen LogP contribution in [0.2, 0.25) is 0 Å². The molecule has 0 spiro atoms. The van der Waals surface area contributed by atoms with E-state index in [9.17, 15) is 13.6 Å². The molecule has 1 unspecified atom stereocenters. The molecule has 1 atom stereocenters. The highest BCUT2D eigenvalue weighted by molar-refractivity contribution is 14.1. The van der Waals surface area contributed by atoms with Gasteiger partial charge in [0.1, 0.15) is 0 Å². The normalized spacial score (nSPS) is 18.9. The van der Waals surface area contributed by atoms with Crippen molar-refractivity contribution in [3.05, 3.63) is 42.5 Å².